The Labute approximate surface area is 339 Å². The number of H-pyrrole nitrogens is 2. The van der Waals surface area contributed by atoms with E-state index in [9.17, 15) is 24.6 Å². The highest BCUT2D eigenvalue weighted by Crippen LogP contribution is 2.41. The molecule has 0 unspecified atom stereocenters. The van der Waals surface area contributed by atoms with Crippen LogP contribution < -0.4 is 21.4 Å². The molecule has 0 aliphatic carbocycles. The molecule has 286 valence electrons. The van der Waals surface area contributed by atoms with E-state index in [1.54, 1.807) is 79.9 Å². The van der Waals surface area contributed by atoms with E-state index in [0.717, 1.165) is 24.2 Å². The number of ether oxygens (including phenoxy) is 1. The predicted molar refractivity (Wildman–Crippen MR) is 219 cm³/mol. The zero-order valence-electron chi connectivity index (χ0n) is 29.7. The summed E-state index contributed by atoms with van der Waals surface area (Å²) in [5, 5.41) is 25.1. The number of aromatic hydroxyl groups is 2. The van der Waals surface area contributed by atoms with Gasteiger partial charge in [0.15, 0.2) is 9.54 Å². The lowest BCUT2D eigenvalue weighted by atomic mass is 9.82. The predicted octanol–water partition coefficient (Wildman–Crippen LogP) is 6.79. The van der Waals surface area contributed by atoms with Crippen molar-refractivity contribution >= 4 is 47.6 Å². The van der Waals surface area contributed by atoms with Gasteiger partial charge in [-0.1, -0.05) is 35.3 Å². The van der Waals surface area contributed by atoms with Crippen molar-refractivity contribution < 1.29 is 14.9 Å². The number of nitrogens with zero attached hydrogens (tertiary/aromatic N) is 4. The smallest absolute Gasteiger partial charge is 0.259 e. The van der Waals surface area contributed by atoms with Crippen LogP contribution in [0.3, 0.4) is 0 Å². The average Bonchev–Trinajstić information content (AvgIpc) is 3.16. The maximum atomic E-state index is 14.1. The van der Waals surface area contributed by atoms with Gasteiger partial charge in [0.05, 0.1) is 35.5 Å². The number of pyridine rings is 1. The summed E-state index contributed by atoms with van der Waals surface area (Å²) in [6.45, 7) is 2.49. The summed E-state index contributed by atoms with van der Waals surface area (Å²) in [5.74, 6) is -1.51. The molecule has 56 heavy (non-hydrogen) atoms. The van der Waals surface area contributed by atoms with Gasteiger partial charge >= 0.3 is 0 Å². The normalized spacial score (nSPS) is 16.5. The summed E-state index contributed by atoms with van der Waals surface area (Å²) in [5.41, 5.74) is 0.831. The first kappa shape index (κ1) is 37.7. The van der Waals surface area contributed by atoms with E-state index in [1.807, 2.05) is 16.7 Å². The highest BCUT2D eigenvalue weighted by atomic mass is 35.5. The molecule has 2 aliphatic heterocycles. The second kappa shape index (κ2) is 15.0. The number of hydrogen-bond acceptors (Lipinski definition) is 9. The molecule has 0 radical (unpaired) electrons. The molecule has 16 heteroatoms. The third-order valence-electron chi connectivity index (χ3n) is 10.6. The molecule has 2 atom stereocenters. The molecule has 0 saturated carbocycles. The maximum Gasteiger partial charge on any atom is 0.259 e. The lowest BCUT2D eigenvalue weighted by Crippen LogP contribution is -2.46. The molecule has 0 spiro atoms. The van der Waals surface area contributed by atoms with Gasteiger partial charge in [-0.3, -0.25) is 38.4 Å². The van der Waals surface area contributed by atoms with Crippen molar-refractivity contribution in [1.29, 1.82) is 0 Å². The molecule has 6 aromatic rings. The number of aromatic amines is 2. The molecule has 4 N–H and O–H groups in total. The molecule has 0 amide bonds. The van der Waals surface area contributed by atoms with Crippen LogP contribution in [0.5, 0.6) is 17.5 Å². The average molecular weight is 830 g/mol. The first-order chi connectivity index (χ1) is 26.9. The van der Waals surface area contributed by atoms with E-state index in [4.69, 9.17) is 52.4 Å². The number of rotatable bonds is 8. The number of nitrogens with one attached hydrogen (secondary N) is 2. The van der Waals surface area contributed by atoms with Crippen LogP contribution in [0.15, 0.2) is 99.3 Å². The maximum absolute atomic E-state index is 14.1. The number of likely N-dealkylation sites (tertiary alicyclic amines) is 1. The van der Waals surface area contributed by atoms with Crippen molar-refractivity contribution in [2.24, 2.45) is 5.92 Å². The van der Waals surface area contributed by atoms with Gasteiger partial charge in [-0.05, 0) is 109 Å². The van der Waals surface area contributed by atoms with Crippen molar-refractivity contribution in [2.45, 2.75) is 31.3 Å². The van der Waals surface area contributed by atoms with Gasteiger partial charge in [-0.15, -0.1) is 0 Å². The van der Waals surface area contributed by atoms with Crippen molar-refractivity contribution in [1.82, 2.24) is 28.6 Å². The van der Waals surface area contributed by atoms with E-state index in [1.165, 1.54) is 9.13 Å². The molecule has 3 aromatic carbocycles. The second-order valence-electron chi connectivity index (χ2n) is 14.0. The van der Waals surface area contributed by atoms with Crippen molar-refractivity contribution in [3.63, 3.8) is 0 Å². The molecule has 1 fully saturated rings. The third kappa shape index (κ3) is 6.81. The van der Waals surface area contributed by atoms with Gasteiger partial charge in [0.25, 0.3) is 16.7 Å². The van der Waals surface area contributed by atoms with Gasteiger partial charge in [0, 0.05) is 59.5 Å². The van der Waals surface area contributed by atoms with Crippen LogP contribution >= 0.6 is 47.6 Å². The van der Waals surface area contributed by atoms with Crippen LogP contribution in [0.1, 0.15) is 46.2 Å². The summed E-state index contributed by atoms with van der Waals surface area (Å²) < 4.78 is 10.0. The fourth-order valence-corrected chi connectivity index (χ4v) is 9.02. The zero-order valence-corrected chi connectivity index (χ0v) is 32.9. The zero-order chi connectivity index (χ0) is 39.4. The first-order valence-corrected chi connectivity index (χ1v) is 19.3. The summed E-state index contributed by atoms with van der Waals surface area (Å²) in [6, 6.07) is 23.5. The molecule has 2 aliphatic rings. The van der Waals surface area contributed by atoms with Gasteiger partial charge in [0.2, 0.25) is 11.8 Å². The SMILES string of the molecule is COc1ccc(C(c2c(O)n(-c3ccc(Cl)cc3)c(=S)[nH]c2=O)c2c(O)n(-c3ccc(Cl)cc3)c(=S)[nH]c2=O)cc1CN1C[C@@H]2C[C@H](C1)c1cccc(=O)n1C2. The fourth-order valence-electron chi connectivity index (χ4n) is 8.20. The van der Waals surface area contributed by atoms with Crippen molar-refractivity contribution in [2.75, 3.05) is 20.2 Å². The lowest BCUT2D eigenvalue weighted by molar-refractivity contribution is 0.113. The number of halogens is 2. The minimum absolute atomic E-state index is 0.00505. The Hall–Kier alpha value is -5.25. The number of fused-ring (bicyclic) bond motifs is 4. The Balaban J connectivity index is 1.32. The lowest BCUT2D eigenvalue weighted by Gasteiger charge is -2.43. The fraction of sp³-hybridized carbons (Fsp3) is 0.225. The Morgan fingerprint density at radius 2 is 1.36 bits per heavy atom. The Bertz CT molecular complexity index is 2690. The minimum atomic E-state index is -1.38. The molecule has 2 bridgehead atoms. The summed E-state index contributed by atoms with van der Waals surface area (Å²) >= 11 is 23.4. The largest absolute Gasteiger partial charge is 0.496 e. The summed E-state index contributed by atoms with van der Waals surface area (Å²) in [4.78, 5) is 48.5. The highest BCUT2D eigenvalue weighted by molar-refractivity contribution is 7.71. The van der Waals surface area contributed by atoms with Crippen LogP contribution in [0.2, 0.25) is 10.0 Å². The molecule has 1 saturated heterocycles. The van der Waals surface area contributed by atoms with E-state index < -0.39 is 28.8 Å². The topological polar surface area (TPSA) is 151 Å². The molecular weight excluding hydrogens is 796 g/mol. The molecule has 5 heterocycles. The summed E-state index contributed by atoms with van der Waals surface area (Å²) in [7, 11) is 1.56. The second-order valence-corrected chi connectivity index (χ2v) is 15.7. The Kier molecular flexibility index (Phi) is 10.1. The standard InChI is InChI=1S/C40H34Cl2N6O6S2/c1-54-30-14-5-22(16-24(30)20-45-17-21-15-23(19-45)29-3-2-4-31(49)46(29)18-21)32(33-35(50)43-39(55)47(37(33)52)27-10-6-25(41)7-11-27)34-36(51)44-40(56)48(38(34)53)28-12-8-26(42)9-13-28/h2-14,16,21,23,32,52-53H,15,17-20H2,1H3,(H,43,50,55)(H,44,51,56)/t21-,23+/m0/s1. The first-order valence-electron chi connectivity index (χ1n) is 17.7. The van der Waals surface area contributed by atoms with Gasteiger partial charge in [0.1, 0.15) is 5.75 Å². The van der Waals surface area contributed by atoms with Crippen LogP contribution in [-0.2, 0) is 13.1 Å². The number of hydrogen-bond donors (Lipinski definition) is 4. The van der Waals surface area contributed by atoms with Gasteiger partial charge in [-0.2, -0.15) is 0 Å². The quantitative estimate of drug-likeness (QED) is 0.122. The molecular formula is C40H34Cl2N6O6S2. The van der Waals surface area contributed by atoms with Crippen molar-refractivity contribution in [3.8, 4) is 28.9 Å². The number of methoxy groups -OCH3 is 1. The van der Waals surface area contributed by atoms with Gasteiger partial charge < -0.3 is 19.5 Å². The van der Waals surface area contributed by atoms with Crippen molar-refractivity contribution in [3.05, 3.63) is 164 Å². The van der Waals surface area contributed by atoms with E-state index in [0.29, 0.717) is 52.4 Å². The number of benzene rings is 3. The van der Waals surface area contributed by atoms with Crippen LogP contribution in [0.4, 0.5) is 0 Å². The highest BCUT2D eigenvalue weighted by Gasteiger charge is 2.36. The van der Waals surface area contributed by atoms with Crippen LogP contribution in [0.25, 0.3) is 11.4 Å². The van der Waals surface area contributed by atoms with E-state index in [2.05, 4.69) is 14.9 Å². The number of piperidine rings is 1. The van der Waals surface area contributed by atoms with E-state index in [-0.39, 0.29) is 38.1 Å². The monoisotopic (exact) mass is 828 g/mol. The van der Waals surface area contributed by atoms with E-state index >= 15 is 0 Å². The minimum Gasteiger partial charge on any atom is -0.496 e. The molecule has 12 nitrogen and oxygen atoms in total. The van der Waals surface area contributed by atoms with Gasteiger partial charge in [-0.25, -0.2) is 0 Å². The molecule has 3 aromatic heterocycles. The van der Waals surface area contributed by atoms with Crippen LogP contribution in [0, 0.1) is 15.5 Å². The third-order valence-corrected chi connectivity index (χ3v) is 11.6. The number of aromatic nitrogens is 5. The Morgan fingerprint density at radius 1 is 0.786 bits per heavy atom. The Morgan fingerprint density at radius 3 is 1.91 bits per heavy atom. The van der Waals surface area contributed by atoms with Crippen LogP contribution in [-0.4, -0.2) is 59.0 Å². The molecule has 8 rings (SSSR count). The summed E-state index contributed by atoms with van der Waals surface area (Å²) in [6.07, 6.45) is 0.974.